The van der Waals surface area contributed by atoms with Crippen molar-refractivity contribution in [1.82, 2.24) is 19.9 Å². The zero-order valence-electron chi connectivity index (χ0n) is 11.3. The summed E-state index contributed by atoms with van der Waals surface area (Å²) in [4.78, 5) is 17.8. The van der Waals surface area contributed by atoms with Crippen LogP contribution >= 0.6 is 0 Å². The molecule has 0 atom stereocenters. The van der Waals surface area contributed by atoms with Crippen LogP contribution in [0, 0.1) is 6.92 Å². The molecule has 0 amide bonds. The smallest absolute Gasteiger partial charge is 0.199 e. The van der Waals surface area contributed by atoms with Crippen LogP contribution in [0.4, 0.5) is 5.82 Å². The molecule has 0 fully saturated rings. The molecule has 3 rings (SSSR count). The average molecular weight is 255 g/mol. The van der Waals surface area contributed by atoms with E-state index in [1.54, 1.807) is 12.4 Å². The highest BCUT2D eigenvalue weighted by atomic mass is 15.1. The Morgan fingerprint density at radius 2 is 1.89 bits per heavy atom. The zero-order valence-corrected chi connectivity index (χ0v) is 11.3. The van der Waals surface area contributed by atoms with Crippen LogP contribution in [0.2, 0.25) is 0 Å². The Morgan fingerprint density at radius 3 is 2.63 bits per heavy atom. The van der Waals surface area contributed by atoms with Gasteiger partial charge in [-0.3, -0.25) is 0 Å². The molecule has 0 saturated carbocycles. The van der Waals surface area contributed by atoms with Crippen molar-refractivity contribution in [3.63, 3.8) is 0 Å². The molecule has 0 aliphatic heterocycles. The van der Waals surface area contributed by atoms with Gasteiger partial charge < -0.3 is 5.32 Å². The molecule has 2 heterocycles. The van der Waals surface area contributed by atoms with E-state index >= 15 is 0 Å². The summed E-state index contributed by atoms with van der Waals surface area (Å²) in [5.41, 5.74) is 3.44. The molecule has 0 bridgehead atoms. The van der Waals surface area contributed by atoms with E-state index in [2.05, 4.69) is 32.2 Å². The molecule has 0 aromatic carbocycles. The molecule has 1 aliphatic rings. The Kier molecular flexibility index (Phi) is 3.11. The fourth-order valence-electron chi connectivity index (χ4n) is 2.35. The summed E-state index contributed by atoms with van der Waals surface area (Å²) in [6.45, 7) is 4.90. The Labute approximate surface area is 112 Å². The van der Waals surface area contributed by atoms with Gasteiger partial charge in [-0.15, -0.1) is 0 Å². The molecule has 19 heavy (non-hydrogen) atoms. The minimum atomic E-state index is 0.597. The summed E-state index contributed by atoms with van der Waals surface area (Å²) in [6, 6.07) is 0. The van der Waals surface area contributed by atoms with Crippen LogP contribution in [-0.2, 0) is 12.8 Å². The first kappa shape index (κ1) is 12.0. The van der Waals surface area contributed by atoms with E-state index in [4.69, 9.17) is 0 Å². The predicted molar refractivity (Wildman–Crippen MR) is 74.0 cm³/mol. The van der Waals surface area contributed by atoms with E-state index in [0.717, 1.165) is 42.9 Å². The molecular formula is C14H17N5. The Bertz CT molecular complexity index is 592. The largest absolute Gasteiger partial charge is 0.370 e. The van der Waals surface area contributed by atoms with Crippen molar-refractivity contribution in [2.45, 2.75) is 33.1 Å². The number of anilines is 1. The highest BCUT2D eigenvalue weighted by Gasteiger charge is 2.20. The van der Waals surface area contributed by atoms with Crippen molar-refractivity contribution in [3.8, 4) is 11.6 Å². The number of nitrogens with zero attached hydrogens (tertiary/aromatic N) is 4. The van der Waals surface area contributed by atoms with Crippen LogP contribution in [0.3, 0.4) is 0 Å². The lowest BCUT2D eigenvalue weighted by Crippen LogP contribution is -2.07. The van der Waals surface area contributed by atoms with Crippen molar-refractivity contribution in [2.75, 3.05) is 11.9 Å². The fraction of sp³-hybridized carbons (Fsp3) is 0.429. The number of hydrogen-bond acceptors (Lipinski definition) is 5. The second kappa shape index (κ2) is 4.91. The first-order valence-corrected chi connectivity index (χ1v) is 6.70. The monoisotopic (exact) mass is 255 g/mol. The van der Waals surface area contributed by atoms with Crippen LogP contribution < -0.4 is 5.32 Å². The first-order chi connectivity index (χ1) is 9.28. The molecule has 0 unspecified atom stereocenters. The lowest BCUT2D eigenvalue weighted by atomic mass is 10.2. The summed E-state index contributed by atoms with van der Waals surface area (Å²) in [5, 5.41) is 3.32. The summed E-state index contributed by atoms with van der Waals surface area (Å²) in [6.07, 6.45) is 6.83. The Morgan fingerprint density at radius 1 is 1.11 bits per heavy atom. The van der Waals surface area contributed by atoms with Crippen molar-refractivity contribution >= 4 is 5.82 Å². The molecule has 0 spiro atoms. The van der Waals surface area contributed by atoms with Gasteiger partial charge in [0.15, 0.2) is 11.6 Å². The Balaban J connectivity index is 2.07. The number of aryl methyl sites for hydroxylation is 2. The molecule has 2 aromatic heterocycles. The average Bonchev–Trinajstić information content (AvgIpc) is 2.88. The summed E-state index contributed by atoms with van der Waals surface area (Å²) in [7, 11) is 0. The van der Waals surface area contributed by atoms with Crippen LogP contribution in [-0.4, -0.2) is 26.5 Å². The van der Waals surface area contributed by atoms with E-state index in [1.807, 2.05) is 6.92 Å². The maximum atomic E-state index is 4.62. The molecule has 5 heteroatoms. The summed E-state index contributed by atoms with van der Waals surface area (Å²) in [5.74, 6) is 2.17. The highest BCUT2D eigenvalue weighted by molar-refractivity contribution is 5.55. The van der Waals surface area contributed by atoms with Gasteiger partial charge in [-0.25, -0.2) is 19.9 Å². The van der Waals surface area contributed by atoms with Crippen molar-refractivity contribution in [2.24, 2.45) is 0 Å². The lowest BCUT2D eigenvalue weighted by molar-refractivity contribution is 0.899. The third kappa shape index (κ3) is 2.28. The van der Waals surface area contributed by atoms with Gasteiger partial charge in [0, 0.05) is 30.2 Å². The van der Waals surface area contributed by atoms with E-state index in [9.17, 15) is 0 Å². The van der Waals surface area contributed by atoms with Gasteiger partial charge in [-0.05, 0) is 38.7 Å². The minimum Gasteiger partial charge on any atom is -0.370 e. The van der Waals surface area contributed by atoms with Crippen LogP contribution in [0.1, 0.15) is 30.2 Å². The minimum absolute atomic E-state index is 0.597. The maximum Gasteiger partial charge on any atom is 0.199 e. The number of fused-ring (bicyclic) bond motifs is 1. The molecule has 0 saturated heterocycles. The normalized spacial score (nSPS) is 13.4. The van der Waals surface area contributed by atoms with Gasteiger partial charge in [0.1, 0.15) is 5.82 Å². The molecule has 2 aromatic rings. The molecule has 5 nitrogen and oxygen atoms in total. The van der Waals surface area contributed by atoms with Gasteiger partial charge in [-0.2, -0.15) is 0 Å². The Hall–Kier alpha value is -2.04. The summed E-state index contributed by atoms with van der Waals surface area (Å²) >= 11 is 0. The lowest BCUT2D eigenvalue weighted by Gasteiger charge is -2.10. The maximum absolute atomic E-state index is 4.62. The van der Waals surface area contributed by atoms with Crippen LogP contribution in [0.15, 0.2) is 12.4 Å². The molecule has 0 radical (unpaired) electrons. The third-order valence-electron chi connectivity index (χ3n) is 3.26. The second-order valence-electron chi connectivity index (χ2n) is 4.79. The van der Waals surface area contributed by atoms with Gasteiger partial charge >= 0.3 is 0 Å². The number of hydrogen-bond donors (Lipinski definition) is 1. The van der Waals surface area contributed by atoms with Crippen LogP contribution in [0.5, 0.6) is 0 Å². The molecule has 1 aliphatic carbocycles. The van der Waals surface area contributed by atoms with E-state index in [-0.39, 0.29) is 0 Å². The number of nitrogens with one attached hydrogen (secondary N) is 1. The van der Waals surface area contributed by atoms with E-state index < -0.39 is 0 Å². The van der Waals surface area contributed by atoms with Crippen molar-refractivity contribution < 1.29 is 0 Å². The SMILES string of the molecule is CCNc1nc(-c2ncc(C)cn2)nc2c1CCC2. The topological polar surface area (TPSA) is 63.6 Å². The summed E-state index contributed by atoms with van der Waals surface area (Å²) < 4.78 is 0. The van der Waals surface area contributed by atoms with E-state index in [1.165, 1.54) is 5.56 Å². The van der Waals surface area contributed by atoms with Crippen LogP contribution in [0.25, 0.3) is 11.6 Å². The molecule has 98 valence electrons. The van der Waals surface area contributed by atoms with Gasteiger partial charge in [0.2, 0.25) is 0 Å². The quantitative estimate of drug-likeness (QED) is 0.910. The highest BCUT2D eigenvalue weighted by Crippen LogP contribution is 2.28. The second-order valence-corrected chi connectivity index (χ2v) is 4.79. The zero-order chi connectivity index (χ0) is 13.2. The standard InChI is InChI=1S/C14H17N5/c1-3-15-12-10-5-4-6-11(10)18-14(19-12)13-16-7-9(2)8-17-13/h7-8H,3-6H2,1-2H3,(H,15,18,19). The van der Waals surface area contributed by atoms with E-state index in [0.29, 0.717) is 11.6 Å². The number of rotatable bonds is 3. The van der Waals surface area contributed by atoms with Gasteiger partial charge in [-0.1, -0.05) is 0 Å². The van der Waals surface area contributed by atoms with Crippen molar-refractivity contribution in [3.05, 3.63) is 29.2 Å². The third-order valence-corrected chi connectivity index (χ3v) is 3.26. The predicted octanol–water partition coefficient (Wildman–Crippen LogP) is 2.16. The molecule has 1 N–H and O–H groups in total. The van der Waals surface area contributed by atoms with Gasteiger partial charge in [0.05, 0.1) is 0 Å². The number of aromatic nitrogens is 4. The fourth-order valence-corrected chi connectivity index (χ4v) is 2.35. The molecular weight excluding hydrogens is 238 g/mol. The van der Waals surface area contributed by atoms with Gasteiger partial charge in [0.25, 0.3) is 0 Å². The first-order valence-electron chi connectivity index (χ1n) is 6.70. The van der Waals surface area contributed by atoms with Crippen molar-refractivity contribution in [1.29, 1.82) is 0 Å².